The van der Waals surface area contributed by atoms with Gasteiger partial charge in [0.1, 0.15) is 5.54 Å². The highest BCUT2D eigenvalue weighted by molar-refractivity contribution is 6.07. The SMILES string of the molecule is CNC(=O)CN1CCC2(CC1)NC(=O)NC2=O. The minimum atomic E-state index is -0.754. The topological polar surface area (TPSA) is 90.5 Å². The Morgan fingerprint density at radius 3 is 2.53 bits per heavy atom. The molecule has 0 aromatic heterocycles. The molecule has 4 amide bonds. The van der Waals surface area contributed by atoms with Gasteiger partial charge in [0.05, 0.1) is 6.54 Å². The van der Waals surface area contributed by atoms with Crippen molar-refractivity contribution in [2.45, 2.75) is 18.4 Å². The fourth-order valence-electron chi connectivity index (χ4n) is 2.26. The van der Waals surface area contributed by atoms with Crippen LogP contribution < -0.4 is 16.0 Å². The average Bonchev–Trinajstić information content (AvgIpc) is 2.57. The van der Waals surface area contributed by atoms with Gasteiger partial charge >= 0.3 is 6.03 Å². The maximum absolute atomic E-state index is 11.7. The summed E-state index contributed by atoms with van der Waals surface area (Å²) in [4.78, 5) is 35.9. The van der Waals surface area contributed by atoms with Gasteiger partial charge in [-0.05, 0) is 12.8 Å². The first-order valence-corrected chi connectivity index (χ1v) is 5.62. The zero-order valence-electron chi connectivity index (χ0n) is 9.71. The number of nitrogens with zero attached hydrogens (tertiary/aromatic N) is 1. The number of nitrogens with one attached hydrogen (secondary N) is 3. The molecule has 1 spiro atoms. The van der Waals surface area contributed by atoms with Crippen molar-refractivity contribution >= 4 is 17.8 Å². The first kappa shape index (κ1) is 11.8. The van der Waals surface area contributed by atoms with Gasteiger partial charge in [-0.1, -0.05) is 0 Å². The first-order valence-electron chi connectivity index (χ1n) is 5.62. The van der Waals surface area contributed by atoms with E-state index in [1.807, 2.05) is 4.90 Å². The van der Waals surface area contributed by atoms with Crippen molar-refractivity contribution in [1.29, 1.82) is 0 Å². The predicted molar refractivity (Wildman–Crippen MR) is 59.1 cm³/mol. The molecule has 3 N–H and O–H groups in total. The van der Waals surface area contributed by atoms with Crippen LogP contribution in [0.2, 0.25) is 0 Å². The first-order chi connectivity index (χ1) is 8.05. The summed E-state index contributed by atoms with van der Waals surface area (Å²) in [5.74, 6) is -0.289. The van der Waals surface area contributed by atoms with Crippen LogP contribution >= 0.6 is 0 Å². The van der Waals surface area contributed by atoms with E-state index in [9.17, 15) is 14.4 Å². The Kier molecular flexibility index (Phi) is 3.01. The predicted octanol–water partition coefficient (Wildman–Crippen LogP) is -1.59. The zero-order valence-corrected chi connectivity index (χ0v) is 9.71. The van der Waals surface area contributed by atoms with Crippen LogP contribution in [0.1, 0.15) is 12.8 Å². The summed E-state index contributed by atoms with van der Waals surface area (Å²) < 4.78 is 0. The number of amides is 4. The lowest BCUT2D eigenvalue weighted by Crippen LogP contribution is -2.55. The van der Waals surface area contributed by atoms with Crippen molar-refractivity contribution in [3.63, 3.8) is 0 Å². The number of carbonyl (C=O) groups excluding carboxylic acids is 3. The van der Waals surface area contributed by atoms with Crippen LogP contribution in [0.25, 0.3) is 0 Å². The number of urea groups is 1. The van der Waals surface area contributed by atoms with Gasteiger partial charge in [0.2, 0.25) is 5.91 Å². The fourth-order valence-corrected chi connectivity index (χ4v) is 2.26. The molecular formula is C10H16N4O3. The molecule has 2 aliphatic rings. The number of likely N-dealkylation sites (tertiary alicyclic amines) is 1. The van der Waals surface area contributed by atoms with E-state index in [4.69, 9.17) is 0 Å². The van der Waals surface area contributed by atoms with Crippen LogP contribution in [0, 0.1) is 0 Å². The summed E-state index contributed by atoms with van der Waals surface area (Å²) in [5, 5.41) is 7.50. The summed E-state index contributed by atoms with van der Waals surface area (Å²) in [6, 6.07) is -0.422. The zero-order chi connectivity index (χ0) is 12.5. The molecule has 0 aromatic carbocycles. The number of hydrogen-bond acceptors (Lipinski definition) is 4. The fraction of sp³-hybridized carbons (Fsp3) is 0.700. The third kappa shape index (κ3) is 2.23. The summed E-state index contributed by atoms with van der Waals surface area (Å²) in [7, 11) is 1.60. The van der Waals surface area contributed by atoms with Crippen molar-refractivity contribution in [3.05, 3.63) is 0 Å². The van der Waals surface area contributed by atoms with E-state index >= 15 is 0 Å². The van der Waals surface area contributed by atoms with Crippen LogP contribution in [0.4, 0.5) is 4.79 Å². The molecule has 0 saturated carbocycles. The minimum absolute atomic E-state index is 0.0409. The van der Waals surface area contributed by atoms with Gasteiger partial charge in [-0.15, -0.1) is 0 Å². The summed E-state index contributed by atoms with van der Waals surface area (Å²) in [5.41, 5.74) is -0.754. The Hall–Kier alpha value is -1.63. The van der Waals surface area contributed by atoms with Crippen LogP contribution in [0.15, 0.2) is 0 Å². The van der Waals surface area contributed by atoms with Crippen molar-refractivity contribution in [3.8, 4) is 0 Å². The Bertz CT molecular complexity index is 361. The van der Waals surface area contributed by atoms with Crippen LogP contribution in [-0.2, 0) is 9.59 Å². The lowest BCUT2D eigenvalue weighted by atomic mass is 9.88. The molecule has 0 radical (unpaired) electrons. The Balaban J connectivity index is 1.92. The molecule has 0 aromatic rings. The molecule has 7 nitrogen and oxygen atoms in total. The highest BCUT2D eigenvalue weighted by atomic mass is 16.2. The number of imide groups is 1. The molecule has 0 bridgehead atoms. The van der Waals surface area contributed by atoms with Crippen molar-refractivity contribution < 1.29 is 14.4 Å². The van der Waals surface area contributed by atoms with Crippen LogP contribution in [0.3, 0.4) is 0 Å². The van der Waals surface area contributed by atoms with Gasteiger partial charge in [0.15, 0.2) is 0 Å². The van der Waals surface area contributed by atoms with E-state index in [0.29, 0.717) is 32.5 Å². The summed E-state index contributed by atoms with van der Waals surface area (Å²) in [6.07, 6.45) is 1.09. The number of hydrogen-bond donors (Lipinski definition) is 3. The van der Waals surface area contributed by atoms with Crippen LogP contribution in [-0.4, -0.2) is 55.0 Å². The third-order valence-electron chi connectivity index (χ3n) is 3.37. The smallest absolute Gasteiger partial charge is 0.322 e. The Morgan fingerprint density at radius 1 is 1.41 bits per heavy atom. The van der Waals surface area contributed by atoms with E-state index < -0.39 is 11.6 Å². The molecule has 94 valence electrons. The lowest BCUT2D eigenvalue weighted by Gasteiger charge is -2.36. The Labute approximate surface area is 98.9 Å². The van der Waals surface area contributed by atoms with Gasteiger partial charge in [0.25, 0.3) is 5.91 Å². The van der Waals surface area contributed by atoms with Gasteiger partial charge in [-0.2, -0.15) is 0 Å². The lowest BCUT2D eigenvalue weighted by molar-refractivity contribution is -0.126. The van der Waals surface area contributed by atoms with E-state index in [-0.39, 0.29) is 11.8 Å². The summed E-state index contributed by atoms with van der Waals surface area (Å²) in [6.45, 7) is 1.59. The van der Waals surface area contributed by atoms with Gasteiger partial charge < -0.3 is 10.6 Å². The number of piperidine rings is 1. The van der Waals surface area contributed by atoms with Crippen molar-refractivity contribution in [2.24, 2.45) is 0 Å². The molecule has 2 aliphatic heterocycles. The molecule has 2 saturated heterocycles. The highest BCUT2D eigenvalue weighted by Gasteiger charge is 2.47. The summed E-state index contributed by atoms with van der Waals surface area (Å²) >= 11 is 0. The Morgan fingerprint density at radius 2 is 2.06 bits per heavy atom. The van der Waals surface area contributed by atoms with Crippen molar-refractivity contribution in [1.82, 2.24) is 20.9 Å². The average molecular weight is 240 g/mol. The molecule has 0 unspecified atom stereocenters. The van der Waals surface area contributed by atoms with Gasteiger partial charge in [0, 0.05) is 20.1 Å². The maximum Gasteiger partial charge on any atom is 0.322 e. The molecule has 2 fully saturated rings. The number of rotatable bonds is 2. The largest absolute Gasteiger partial charge is 0.358 e. The molecular weight excluding hydrogens is 224 g/mol. The molecule has 2 heterocycles. The van der Waals surface area contributed by atoms with Gasteiger partial charge in [-0.25, -0.2) is 4.79 Å². The standard InChI is InChI=1S/C10H16N4O3/c1-11-7(15)6-14-4-2-10(3-5-14)8(16)12-9(17)13-10/h2-6H2,1H3,(H,11,15)(H2,12,13,16,17). The number of likely N-dealkylation sites (N-methyl/N-ethyl adjacent to an activating group) is 1. The van der Waals surface area contributed by atoms with E-state index in [1.54, 1.807) is 7.05 Å². The second-order valence-electron chi connectivity index (χ2n) is 4.44. The minimum Gasteiger partial charge on any atom is -0.358 e. The van der Waals surface area contributed by atoms with E-state index in [1.165, 1.54) is 0 Å². The highest BCUT2D eigenvalue weighted by Crippen LogP contribution is 2.25. The second-order valence-corrected chi connectivity index (χ2v) is 4.44. The molecule has 0 aliphatic carbocycles. The van der Waals surface area contributed by atoms with E-state index in [0.717, 1.165) is 0 Å². The quantitative estimate of drug-likeness (QED) is 0.507. The van der Waals surface area contributed by atoms with Crippen molar-refractivity contribution in [2.75, 3.05) is 26.7 Å². The second kappa shape index (κ2) is 4.33. The molecule has 17 heavy (non-hydrogen) atoms. The normalized spacial score (nSPS) is 23.4. The van der Waals surface area contributed by atoms with E-state index in [2.05, 4.69) is 16.0 Å². The third-order valence-corrected chi connectivity index (χ3v) is 3.37. The number of carbonyl (C=O) groups is 3. The van der Waals surface area contributed by atoms with Crippen LogP contribution in [0.5, 0.6) is 0 Å². The molecule has 7 heteroatoms. The monoisotopic (exact) mass is 240 g/mol. The maximum atomic E-state index is 11.7. The molecule has 0 atom stereocenters. The molecule has 2 rings (SSSR count). The van der Waals surface area contributed by atoms with Gasteiger partial charge in [-0.3, -0.25) is 19.8 Å².